The third-order valence-corrected chi connectivity index (χ3v) is 11.0. The molecular formula is C28H48O. The van der Waals surface area contributed by atoms with Gasteiger partial charge in [-0.2, -0.15) is 0 Å². The molecule has 0 aromatic rings. The van der Waals surface area contributed by atoms with E-state index in [-0.39, 0.29) is 6.10 Å². The van der Waals surface area contributed by atoms with Crippen LogP contribution in [0.4, 0.5) is 0 Å². The van der Waals surface area contributed by atoms with Gasteiger partial charge in [-0.05, 0) is 104 Å². The molecule has 1 N–H and O–H groups in total. The fraction of sp³-hybridized carbons (Fsp3) is 0.929. The molecule has 0 unspecified atom stereocenters. The first-order chi connectivity index (χ1) is 13.7. The minimum Gasteiger partial charge on any atom is -0.393 e. The summed E-state index contributed by atoms with van der Waals surface area (Å²) in [6.45, 7) is 15.0. The zero-order valence-electron chi connectivity index (χ0n) is 20.2. The third-order valence-electron chi connectivity index (χ3n) is 11.0. The topological polar surface area (TPSA) is 20.2 Å². The number of aliphatic hydroxyl groups is 1. The van der Waals surface area contributed by atoms with Crippen LogP contribution in [0.25, 0.3) is 0 Å². The van der Waals surface area contributed by atoms with E-state index in [4.69, 9.17) is 0 Å². The van der Waals surface area contributed by atoms with E-state index in [0.29, 0.717) is 10.8 Å². The highest BCUT2D eigenvalue weighted by molar-refractivity contribution is 5.30. The van der Waals surface area contributed by atoms with Crippen molar-refractivity contribution in [2.75, 3.05) is 0 Å². The van der Waals surface area contributed by atoms with E-state index >= 15 is 0 Å². The molecule has 4 rings (SSSR count). The van der Waals surface area contributed by atoms with Gasteiger partial charge in [-0.1, -0.05) is 66.0 Å². The summed E-state index contributed by atoms with van der Waals surface area (Å²) in [6.07, 6.45) is 15.8. The van der Waals surface area contributed by atoms with Gasteiger partial charge in [0, 0.05) is 0 Å². The van der Waals surface area contributed by atoms with Gasteiger partial charge < -0.3 is 5.11 Å². The highest BCUT2D eigenvalue weighted by Crippen LogP contribution is 2.66. The lowest BCUT2D eigenvalue weighted by Gasteiger charge is -2.60. The van der Waals surface area contributed by atoms with Crippen LogP contribution in [0, 0.1) is 52.3 Å². The molecule has 0 heterocycles. The highest BCUT2D eigenvalue weighted by atomic mass is 16.3. The fourth-order valence-electron chi connectivity index (χ4n) is 8.52. The van der Waals surface area contributed by atoms with Crippen LogP contribution < -0.4 is 0 Å². The Kier molecular flexibility index (Phi) is 6.04. The molecule has 3 saturated carbocycles. The van der Waals surface area contributed by atoms with Crippen LogP contribution in [-0.4, -0.2) is 11.2 Å². The van der Waals surface area contributed by atoms with E-state index in [0.717, 1.165) is 54.3 Å². The SMILES string of the molecule is CC(C)[C@@H](C)CC[C@@H](C)[C@@H]1CC=C2[C@@H]3CC[C@H]4C[C@H](O)CC[C@]4(C)[C@@H]3CC[C@]21C. The van der Waals surface area contributed by atoms with Crippen molar-refractivity contribution in [2.24, 2.45) is 52.3 Å². The van der Waals surface area contributed by atoms with Gasteiger partial charge in [0.2, 0.25) is 0 Å². The third kappa shape index (κ3) is 3.66. The van der Waals surface area contributed by atoms with Crippen molar-refractivity contribution in [2.45, 2.75) is 112 Å². The van der Waals surface area contributed by atoms with Crippen molar-refractivity contribution < 1.29 is 5.11 Å². The lowest BCUT2D eigenvalue weighted by Crippen LogP contribution is -2.52. The molecule has 3 fully saturated rings. The van der Waals surface area contributed by atoms with Crippen LogP contribution in [0.3, 0.4) is 0 Å². The van der Waals surface area contributed by atoms with Crippen LogP contribution in [0.5, 0.6) is 0 Å². The van der Waals surface area contributed by atoms with E-state index in [1.807, 2.05) is 5.57 Å². The zero-order valence-corrected chi connectivity index (χ0v) is 20.2. The molecule has 0 spiro atoms. The van der Waals surface area contributed by atoms with Crippen molar-refractivity contribution in [3.63, 3.8) is 0 Å². The Balaban J connectivity index is 1.47. The molecule has 4 aliphatic rings. The van der Waals surface area contributed by atoms with E-state index < -0.39 is 0 Å². The quantitative estimate of drug-likeness (QED) is 0.470. The van der Waals surface area contributed by atoms with Crippen molar-refractivity contribution in [1.82, 2.24) is 0 Å². The first kappa shape index (κ1) is 21.9. The maximum atomic E-state index is 10.3. The summed E-state index contributed by atoms with van der Waals surface area (Å²) in [6, 6.07) is 0. The van der Waals surface area contributed by atoms with Gasteiger partial charge in [0.05, 0.1) is 6.10 Å². The summed E-state index contributed by atoms with van der Waals surface area (Å²) < 4.78 is 0. The summed E-state index contributed by atoms with van der Waals surface area (Å²) in [7, 11) is 0. The normalized spacial score (nSPS) is 46.5. The molecule has 0 saturated heterocycles. The van der Waals surface area contributed by atoms with Crippen molar-refractivity contribution >= 4 is 0 Å². The minimum atomic E-state index is -0.0253. The van der Waals surface area contributed by atoms with Gasteiger partial charge in [0.25, 0.3) is 0 Å². The molecule has 0 aliphatic heterocycles. The Hall–Kier alpha value is -0.300. The first-order valence-corrected chi connectivity index (χ1v) is 13.1. The van der Waals surface area contributed by atoms with Gasteiger partial charge in [-0.15, -0.1) is 0 Å². The smallest absolute Gasteiger partial charge is 0.0543 e. The molecule has 9 atom stereocenters. The summed E-state index contributed by atoms with van der Waals surface area (Å²) in [5.74, 6) is 5.88. The van der Waals surface area contributed by atoms with Crippen LogP contribution in [0.1, 0.15) is 106 Å². The summed E-state index contributed by atoms with van der Waals surface area (Å²) >= 11 is 0. The maximum Gasteiger partial charge on any atom is 0.0543 e. The first-order valence-electron chi connectivity index (χ1n) is 13.1. The Morgan fingerprint density at radius 3 is 2.48 bits per heavy atom. The van der Waals surface area contributed by atoms with E-state index in [1.165, 1.54) is 51.4 Å². The zero-order chi connectivity index (χ0) is 21.0. The standard InChI is InChI=1S/C28H48O/c1-18(2)19(3)7-8-20(4)24-11-12-25-23-10-9-21-17-22(29)13-15-27(21,5)26(23)14-16-28(24,25)6/h12,18-24,26,29H,7-11,13-17H2,1-6H3/t19-,20+,21-,22+,23-,24-,26+,27-,28-/m0/s1. The van der Waals surface area contributed by atoms with E-state index in [1.54, 1.807) is 0 Å². The molecule has 0 amide bonds. The second-order valence-corrected chi connectivity index (χ2v) is 12.7. The number of aliphatic hydroxyl groups excluding tert-OH is 1. The van der Waals surface area contributed by atoms with Gasteiger partial charge in [0.1, 0.15) is 0 Å². The number of hydrogen-bond acceptors (Lipinski definition) is 1. The van der Waals surface area contributed by atoms with Gasteiger partial charge in [-0.25, -0.2) is 0 Å². The van der Waals surface area contributed by atoms with Crippen molar-refractivity contribution in [3.8, 4) is 0 Å². The minimum absolute atomic E-state index is 0.0253. The Morgan fingerprint density at radius 1 is 1.00 bits per heavy atom. The van der Waals surface area contributed by atoms with E-state index in [9.17, 15) is 5.11 Å². The highest BCUT2D eigenvalue weighted by Gasteiger charge is 2.57. The van der Waals surface area contributed by atoms with Gasteiger partial charge in [-0.3, -0.25) is 0 Å². The molecule has 166 valence electrons. The van der Waals surface area contributed by atoms with Gasteiger partial charge in [0.15, 0.2) is 0 Å². The monoisotopic (exact) mass is 400 g/mol. The number of allylic oxidation sites excluding steroid dienone is 2. The predicted molar refractivity (Wildman–Crippen MR) is 124 cm³/mol. The Labute approximate surface area is 181 Å². The molecule has 0 aromatic heterocycles. The maximum absolute atomic E-state index is 10.3. The summed E-state index contributed by atoms with van der Waals surface area (Å²) in [5.41, 5.74) is 2.84. The number of rotatable bonds is 5. The van der Waals surface area contributed by atoms with Crippen LogP contribution in [-0.2, 0) is 0 Å². The average molecular weight is 401 g/mol. The molecule has 29 heavy (non-hydrogen) atoms. The van der Waals surface area contributed by atoms with Crippen LogP contribution in [0.15, 0.2) is 11.6 Å². The average Bonchev–Trinajstić information content (AvgIpc) is 3.03. The summed E-state index contributed by atoms with van der Waals surface area (Å²) in [5, 5.41) is 10.3. The van der Waals surface area contributed by atoms with E-state index in [2.05, 4.69) is 47.6 Å². The molecule has 0 bridgehead atoms. The number of fused-ring (bicyclic) bond motifs is 5. The second-order valence-electron chi connectivity index (χ2n) is 12.7. The predicted octanol–water partition coefficient (Wildman–Crippen LogP) is 7.63. The van der Waals surface area contributed by atoms with Crippen molar-refractivity contribution in [1.29, 1.82) is 0 Å². The van der Waals surface area contributed by atoms with Gasteiger partial charge >= 0.3 is 0 Å². The second kappa shape index (κ2) is 7.99. The van der Waals surface area contributed by atoms with Crippen LogP contribution >= 0.6 is 0 Å². The molecule has 1 heteroatoms. The van der Waals surface area contributed by atoms with Crippen LogP contribution in [0.2, 0.25) is 0 Å². The Bertz CT molecular complexity index is 620. The molecule has 0 radical (unpaired) electrons. The Morgan fingerprint density at radius 2 is 1.76 bits per heavy atom. The lowest BCUT2D eigenvalue weighted by molar-refractivity contribution is -0.0860. The summed E-state index contributed by atoms with van der Waals surface area (Å²) in [4.78, 5) is 0. The molecular weight excluding hydrogens is 352 g/mol. The molecule has 0 aromatic carbocycles. The lowest BCUT2D eigenvalue weighted by atomic mass is 9.45. The molecule has 4 aliphatic carbocycles. The molecule has 1 nitrogen and oxygen atoms in total. The van der Waals surface area contributed by atoms with Crippen molar-refractivity contribution in [3.05, 3.63) is 11.6 Å². The largest absolute Gasteiger partial charge is 0.393 e. The fourth-order valence-corrected chi connectivity index (χ4v) is 8.52. The number of hydrogen-bond donors (Lipinski definition) is 1.